The van der Waals surface area contributed by atoms with Crippen LogP contribution < -0.4 is 16.6 Å². The van der Waals surface area contributed by atoms with Gasteiger partial charge < -0.3 is 15.6 Å². The summed E-state index contributed by atoms with van der Waals surface area (Å²) in [4.78, 5) is 23.9. The summed E-state index contributed by atoms with van der Waals surface area (Å²) < 4.78 is 15.9. The van der Waals surface area contributed by atoms with Crippen molar-refractivity contribution in [3.05, 3.63) is 63.9 Å². The predicted octanol–water partition coefficient (Wildman–Crippen LogP) is 2.84. The quantitative estimate of drug-likeness (QED) is 0.892. The van der Waals surface area contributed by atoms with Gasteiger partial charge in [-0.2, -0.15) is 0 Å². The van der Waals surface area contributed by atoms with Crippen molar-refractivity contribution in [2.24, 2.45) is 5.73 Å². The molecule has 3 N–H and O–H groups in total. The number of benzene rings is 1. The Bertz CT molecular complexity index is 907. The zero-order valence-electron chi connectivity index (χ0n) is 12.7. The molecule has 1 unspecified atom stereocenters. The zero-order valence-corrected chi connectivity index (χ0v) is 13.4. The minimum absolute atomic E-state index is 0.0461. The zero-order chi connectivity index (χ0) is 17.4. The van der Waals surface area contributed by atoms with Crippen molar-refractivity contribution in [2.45, 2.75) is 18.9 Å². The van der Waals surface area contributed by atoms with Crippen molar-refractivity contribution in [1.29, 1.82) is 0 Å². The summed E-state index contributed by atoms with van der Waals surface area (Å²) in [5.74, 6) is -1.18. The molecular formula is C17H15ClFN3O2. The molecule has 1 aliphatic heterocycles. The molecule has 1 aromatic heterocycles. The Morgan fingerprint density at radius 1 is 1.46 bits per heavy atom. The normalized spacial score (nSPS) is 15.8. The molecule has 1 aromatic carbocycles. The number of nitrogens with zero attached hydrogens (tertiary/aromatic N) is 1. The Kier molecular flexibility index (Phi) is 4.15. The van der Waals surface area contributed by atoms with Crippen LogP contribution in [0.3, 0.4) is 0 Å². The lowest BCUT2D eigenvalue weighted by Crippen LogP contribution is -2.31. The van der Waals surface area contributed by atoms with Crippen LogP contribution in [0.2, 0.25) is 5.02 Å². The van der Waals surface area contributed by atoms with E-state index >= 15 is 0 Å². The van der Waals surface area contributed by atoms with Crippen molar-refractivity contribution in [2.75, 3.05) is 5.32 Å². The van der Waals surface area contributed by atoms with Gasteiger partial charge in [0.25, 0.3) is 5.56 Å². The van der Waals surface area contributed by atoms with Gasteiger partial charge in [0, 0.05) is 23.0 Å². The first-order valence-electron chi connectivity index (χ1n) is 7.34. The summed E-state index contributed by atoms with van der Waals surface area (Å²) >= 11 is 5.88. The molecule has 2 aromatic rings. The molecule has 1 aliphatic rings. The molecule has 1 atom stereocenters. The first-order valence-corrected chi connectivity index (χ1v) is 7.72. The second-order valence-electron chi connectivity index (χ2n) is 5.53. The van der Waals surface area contributed by atoms with Crippen molar-refractivity contribution in [1.82, 2.24) is 4.57 Å². The summed E-state index contributed by atoms with van der Waals surface area (Å²) in [5, 5.41) is 2.79. The van der Waals surface area contributed by atoms with Crippen LogP contribution in [-0.2, 0) is 11.2 Å². The van der Waals surface area contributed by atoms with Crippen LogP contribution in [0.15, 0.2) is 41.8 Å². The van der Waals surface area contributed by atoms with Gasteiger partial charge in [-0.3, -0.25) is 9.59 Å². The summed E-state index contributed by atoms with van der Waals surface area (Å²) in [6, 6.07) is 5.35. The number of aryl methyl sites for hydroxylation is 1. The molecule has 3 rings (SSSR count). The lowest BCUT2D eigenvalue weighted by atomic mass is 10.0. The first-order chi connectivity index (χ1) is 11.4. The molecule has 124 valence electrons. The molecule has 5 nitrogen and oxygen atoms in total. The van der Waals surface area contributed by atoms with E-state index in [0.29, 0.717) is 29.8 Å². The second-order valence-corrected chi connectivity index (χ2v) is 5.94. The van der Waals surface area contributed by atoms with Crippen molar-refractivity contribution < 1.29 is 9.18 Å². The van der Waals surface area contributed by atoms with Crippen LogP contribution in [0.1, 0.15) is 18.2 Å². The summed E-state index contributed by atoms with van der Waals surface area (Å²) in [6.45, 7) is 3.56. The maximum Gasteiger partial charge on any atom is 0.252 e. The molecular weight excluding hydrogens is 333 g/mol. The lowest BCUT2D eigenvalue weighted by molar-refractivity contribution is -0.121. The minimum Gasteiger partial charge on any atom is -0.368 e. The number of hydrogen-bond donors (Lipinski definition) is 2. The van der Waals surface area contributed by atoms with Crippen molar-refractivity contribution in [3.63, 3.8) is 0 Å². The van der Waals surface area contributed by atoms with Gasteiger partial charge in [0.05, 0.1) is 5.02 Å². The van der Waals surface area contributed by atoms with Crippen LogP contribution in [-0.4, -0.2) is 10.5 Å². The number of nitrogens with two attached hydrogens (primary N) is 1. The standard InChI is InChI=1S/C17H15ClFN3O2/c1-2-21-12-5-4-11(18)16(19)15(12)9-7-10-3-6-13(17(20)24)22(10)14(23)8-9/h2,4-5,7-8,13,21H,1,3,6H2,(H2,20,24). The number of pyridine rings is 1. The molecule has 0 saturated carbocycles. The topological polar surface area (TPSA) is 77.1 Å². The van der Waals surface area contributed by atoms with Crippen LogP contribution in [0.25, 0.3) is 11.1 Å². The highest BCUT2D eigenvalue weighted by Crippen LogP contribution is 2.36. The van der Waals surface area contributed by atoms with Crippen LogP contribution in [0.4, 0.5) is 10.1 Å². The summed E-state index contributed by atoms with van der Waals surface area (Å²) in [7, 11) is 0. The SMILES string of the molecule is C=CNc1ccc(Cl)c(F)c1-c1cc2n(c(=O)c1)C(C(N)=O)CC2. The van der Waals surface area contributed by atoms with Gasteiger partial charge in [-0.05, 0) is 42.8 Å². The number of anilines is 1. The molecule has 0 aliphatic carbocycles. The van der Waals surface area contributed by atoms with E-state index in [-0.39, 0.29) is 10.6 Å². The third-order valence-electron chi connectivity index (χ3n) is 4.10. The Hall–Kier alpha value is -2.60. The molecule has 0 bridgehead atoms. The third kappa shape index (κ3) is 2.59. The Balaban J connectivity index is 2.22. The van der Waals surface area contributed by atoms with Gasteiger partial charge >= 0.3 is 0 Å². The van der Waals surface area contributed by atoms with Crippen molar-refractivity contribution in [3.8, 4) is 11.1 Å². The Morgan fingerprint density at radius 2 is 2.21 bits per heavy atom. The minimum atomic E-state index is -0.656. The fourth-order valence-corrected chi connectivity index (χ4v) is 3.23. The number of nitrogens with one attached hydrogen (secondary N) is 1. The number of rotatable bonds is 4. The van der Waals surface area contributed by atoms with Crippen LogP contribution in [0, 0.1) is 5.82 Å². The average molecular weight is 348 g/mol. The fourth-order valence-electron chi connectivity index (χ4n) is 3.07. The van der Waals surface area contributed by atoms with E-state index in [4.69, 9.17) is 17.3 Å². The number of carbonyl (C=O) groups is 1. The van der Waals surface area contributed by atoms with Gasteiger partial charge in [-0.15, -0.1) is 0 Å². The molecule has 0 radical (unpaired) electrons. The highest BCUT2D eigenvalue weighted by molar-refractivity contribution is 6.31. The van der Waals surface area contributed by atoms with E-state index in [0.717, 1.165) is 0 Å². The Morgan fingerprint density at radius 3 is 2.88 bits per heavy atom. The number of amides is 1. The molecule has 2 heterocycles. The number of aromatic nitrogens is 1. The number of carbonyl (C=O) groups excluding carboxylic acids is 1. The number of fused-ring (bicyclic) bond motifs is 1. The molecule has 1 amide bonds. The average Bonchev–Trinajstić information content (AvgIpc) is 2.96. The van der Waals surface area contributed by atoms with E-state index in [9.17, 15) is 14.0 Å². The van der Waals surface area contributed by atoms with E-state index in [1.54, 1.807) is 12.1 Å². The smallest absolute Gasteiger partial charge is 0.252 e. The number of halogens is 2. The van der Waals surface area contributed by atoms with Gasteiger partial charge in [-0.25, -0.2) is 4.39 Å². The Labute approximate surface area is 142 Å². The van der Waals surface area contributed by atoms with Gasteiger partial charge in [0.1, 0.15) is 6.04 Å². The molecule has 0 saturated heterocycles. The van der Waals surface area contributed by atoms with Crippen molar-refractivity contribution >= 4 is 23.2 Å². The predicted molar refractivity (Wildman–Crippen MR) is 91.5 cm³/mol. The highest BCUT2D eigenvalue weighted by Gasteiger charge is 2.28. The fraction of sp³-hybridized carbons (Fsp3) is 0.176. The number of hydrogen-bond acceptors (Lipinski definition) is 3. The van der Waals surface area contributed by atoms with E-state index < -0.39 is 23.3 Å². The van der Waals surface area contributed by atoms with E-state index in [1.807, 2.05) is 0 Å². The third-order valence-corrected chi connectivity index (χ3v) is 4.39. The van der Waals surface area contributed by atoms with Crippen LogP contribution in [0.5, 0.6) is 0 Å². The second kappa shape index (κ2) is 6.13. The summed E-state index contributed by atoms with van der Waals surface area (Å²) in [5.41, 5.74) is 6.61. The largest absolute Gasteiger partial charge is 0.368 e. The molecule has 0 fully saturated rings. The maximum atomic E-state index is 14.6. The van der Waals surface area contributed by atoms with Gasteiger partial charge in [-0.1, -0.05) is 18.2 Å². The summed E-state index contributed by atoms with van der Waals surface area (Å²) in [6.07, 6.45) is 2.39. The molecule has 24 heavy (non-hydrogen) atoms. The van der Waals surface area contributed by atoms with E-state index in [1.165, 1.54) is 22.9 Å². The monoisotopic (exact) mass is 347 g/mol. The molecule has 0 spiro atoms. The molecule has 7 heteroatoms. The lowest BCUT2D eigenvalue weighted by Gasteiger charge is -2.15. The first kappa shape index (κ1) is 16.3. The highest BCUT2D eigenvalue weighted by atomic mass is 35.5. The van der Waals surface area contributed by atoms with Crippen LogP contribution >= 0.6 is 11.6 Å². The van der Waals surface area contributed by atoms with Gasteiger partial charge in [0.15, 0.2) is 5.82 Å². The number of primary amides is 1. The van der Waals surface area contributed by atoms with E-state index in [2.05, 4.69) is 11.9 Å². The van der Waals surface area contributed by atoms with Gasteiger partial charge in [0.2, 0.25) is 5.91 Å². The maximum absolute atomic E-state index is 14.6.